The van der Waals surface area contributed by atoms with E-state index in [-0.39, 0.29) is 5.57 Å². The van der Waals surface area contributed by atoms with Gasteiger partial charge in [-0.2, -0.15) is 0 Å². The Morgan fingerprint density at radius 2 is 1.59 bits per heavy atom. The van der Waals surface area contributed by atoms with Gasteiger partial charge in [0.2, 0.25) is 0 Å². The van der Waals surface area contributed by atoms with Crippen molar-refractivity contribution in [2.24, 2.45) is 0 Å². The van der Waals surface area contributed by atoms with Crippen LogP contribution in [0.4, 0.5) is 10.5 Å². The smallest absolute Gasteiger partial charge is 0.335 e. The molecular weight excluding hydrogens is 488 g/mol. The van der Waals surface area contributed by atoms with E-state index in [9.17, 15) is 14.4 Å². The van der Waals surface area contributed by atoms with Crippen molar-refractivity contribution in [3.05, 3.63) is 98.6 Å². The number of rotatable bonds is 7. The van der Waals surface area contributed by atoms with E-state index in [1.807, 2.05) is 26.0 Å². The summed E-state index contributed by atoms with van der Waals surface area (Å²) in [4.78, 5) is 39.4. The lowest BCUT2D eigenvalue weighted by atomic mass is 9.98. The normalized spacial score (nSPS) is 14.8. The average molecular weight is 517 g/mol. The lowest BCUT2D eigenvalue weighted by molar-refractivity contribution is -0.122. The zero-order valence-electron chi connectivity index (χ0n) is 21.4. The zero-order chi connectivity index (χ0) is 26.7. The molecule has 6 nitrogen and oxygen atoms in total. The lowest BCUT2D eigenvalue weighted by Gasteiger charge is -2.26. The minimum Gasteiger partial charge on any atom is -0.494 e. The number of nitrogens with zero attached hydrogens (tertiary/aromatic N) is 1. The van der Waals surface area contributed by atoms with Crippen molar-refractivity contribution in [2.75, 3.05) is 11.5 Å². The number of hydrogen-bond donors (Lipinski definition) is 1. The number of barbiturate groups is 1. The van der Waals surface area contributed by atoms with E-state index < -0.39 is 17.8 Å². The molecule has 3 aromatic carbocycles. The van der Waals surface area contributed by atoms with Crippen molar-refractivity contribution in [1.82, 2.24) is 5.32 Å². The fourth-order valence-electron chi connectivity index (χ4n) is 4.48. The van der Waals surface area contributed by atoms with Crippen molar-refractivity contribution in [3.63, 3.8) is 0 Å². The van der Waals surface area contributed by atoms with Crippen molar-refractivity contribution in [2.45, 2.75) is 40.5 Å². The van der Waals surface area contributed by atoms with Crippen molar-refractivity contribution >= 4 is 41.2 Å². The summed E-state index contributed by atoms with van der Waals surface area (Å²) in [6.45, 7) is 8.42. The van der Waals surface area contributed by atoms with Gasteiger partial charge in [-0.15, -0.1) is 0 Å². The number of hydrogen-bond acceptors (Lipinski definition) is 4. The molecule has 0 bridgehead atoms. The highest BCUT2D eigenvalue weighted by Gasteiger charge is 2.36. The first-order valence-corrected chi connectivity index (χ1v) is 12.6. The molecule has 0 aromatic heterocycles. The van der Waals surface area contributed by atoms with Gasteiger partial charge >= 0.3 is 6.03 Å². The summed E-state index contributed by atoms with van der Waals surface area (Å²) in [6.07, 6.45) is 2.84. The summed E-state index contributed by atoms with van der Waals surface area (Å²) in [5.41, 5.74) is 6.06. The molecule has 4 amide bonds. The number of urea groups is 1. The van der Waals surface area contributed by atoms with Gasteiger partial charge in [-0.05, 0) is 74.2 Å². The zero-order valence-corrected chi connectivity index (χ0v) is 22.1. The number of ether oxygens (including phenoxy) is 1. The number of carbonyl (C=O) groups excluding carboxylic acids is 3. The summed E-state index contributed by atoms with van der Waals surface area (Å²) in [5.74, 6) is -0.885. The van der Waals surface area contributed by atoms with Crippen LogP contribution in [0.5, 0.6) is 5.75 Å². The fourth-order valence-corrected chi connectivity index (χ4v) is 4.77. The molecule has 1 N–H and O–H groups in total. The molecule has 1 saturated heterocycles. The SMILES string of the molecule is CCOc1cc(/C=C2\C(=O)NC(=O)N(c3ccc(CC)cc3)C2=O)cc(Cl)c1Cc1cc(C)cc(C)c1. The van der Waals surface area contributed by atoms with Crippen LogP contribution in [0, 0.1) is 13.8 Å². The highest BCUT2D eigenvalue weighted by atomic mass is 35.5. The Morgan fingerprint density at radius 3 is 2.22 bits per heavy atom. The predicted molar refractivity (Wildman–Crippen MR) is 146 cm³/mol. The topological polar surface area (TPSA) is 75.7 Å². The molecule has 3 aromatic rings. The summed E-state index contributed by atoms with van der Waals surface area (Å²) >= 11 is 6.71. The number of anilines is 1. The average Bonchev–Trinajstić information content (AvgIpc) is 2.84. The fraction of sp³-hybridized carbons (Fsp3) is 0.233. The molecule has 0 unspecified atom stereocenters. The molecule has 37 heavy (non-hydrogen) atoms. The number of carbonyl (C=O) groups is 3. The Balaban J connectivity index is 1.71. The number of imide groups is 2. The monoisotopic (exact) mass is 516 g/mol. The van der Waals surface area contributed by atoms with Crippen LogP contribution in [0.15, 0.2) is 60.2 Å². The number of halogens is 1. The molecule has 190 valence electrons. The Bertz CT molecular complexity index is 1390. The van der Waals surface area contributed by atoms with Gasteiger partial charge < -0.3 is 4.74 Å². The largest absolute Gasteiger partial charge is 0.494 e. The summed E-state index contributed by atoms with van der Waals surface area (Å²) in [7, 11) is 0. The highest BCUT2D eigenvalue weighted by Crippen LogP contribution is 2.33. The Kier molecular flexibility index (Phi) is 7.79. The van der Waals surface area contributed by atoms with Gasteiger partial charge in [0.25, 0.3) is 11.8 Å². The molecule has 0 atom stereocenters. The first-order valence-electron chi connectivity index (χ1n) is 12.2. The molecular formula is C30H29ClN2O4. The third-order valence-corrected chi connectivity index (χ3v) is 6.49. The van der Waals surface area contributed by atoms with Crippen molar-refractivity contribution in [3.8, 4) is 5.75 Å². The molecule has 1 fully saturated rings. The minimum absolute atomic E-state index is 0.167. The second kappa shape index (κ2) is 11.0. The maximum absolute atomic E-state index is 13.3. The first kappa shape index (κ1) is 26.2. The van der Waals surface area contributed by atoms with E-state index in [0.29, 0.717) is 35.1 Å². The summed E-state index contributed by atoms with van der Waals surface area (Å²) < 4.78 is 5.90. The third-order valence-electron chi connectivity index (χ3n) is 6.15. The number of nitrogens with one attached hydrogen (secondary N) is 1. The quantitative estimate of drug-likeness (QED) is 0.301. The first-order chi connectivity index (χ1) is 17.7. The molecule has 1 heterocycles. The van der Waals surface area contributed by atoms with Crippen LogP contribution in [-0.2, 0) is 22.4 Å². The Hall–Kier alpha value is -3.90. The van der Waals surface area contributed by atoms with Crippen LogP contribution < -0.4 is 15.0 Å². The molecule has 0 radical (unpaired) electrons. The van der Waals surface area contributed by atoms with Gasteiger partial charge in [-0.1, -0.05) is 60.0 Å². The number of amides is 4. The second-order valence-electron chi connectivity index (χ2n) is 9.06. The summed E-state index contributed by atoms with van der Waals surface area (Å²) in [5, 5.41) is 2.72. The van der Waals surface area contributed by atoms with E-state index >= 15 is 0 Å². The van der Waals surface area contributed by atoms with Gasteiger partial charge in [0.05, 0.1) is 12.3 Å². The van der Waals surface area contributed by atoms with Crippen LogP contribution in [0.3, 0.4) is 0 Å². The van der Waals surface area contributed by atoms with E-state index in [1.54, 1.807) is 24.3 Å². The van der Waals surface area contributed by atoms with Gasteiger partial charge in [-0.3, -0.25) is 14.9 Å². The summed E-state index contributed by atoms with van der Waals surface area (Å²) in [6, 6.07) is 16.1. The van der Waals surface area contributed by atoms with E-state index in [0.717, 1.165) is 39.1 Å². The van der Waals surface area contributed by atoms with Gasteiger partial charge in [0, 0.05) is 17.0 Å². The number of aryl methyl sites for hydroxylation is 3. The standard InChI is InChI=1S/C30H29ClN2O4/c1-5-20-7-9-23(10-8-20)33-29(35)25(28(34)32-30(33)36)15-22-16-26(31)24(27(17-22)37-6-2)14-21-12-18(3)11-19(4)13-21/h7-13,15-17H,5-6,14H2,1-4H3,(H,32,34,36)/b25-15+. The van der Waals surface area contributed by atoms with Crippen LogP contribution in [-0.4, -0.2) is 24.5 Å². The molecule has 0 saturated carbocycles. The van der Waals surface area contributed by atoms with Crippen LogP contribution in [0.1, 0.15) is 47.2 Å². The van der Waals surface area contributed by atoms with Crippen LogP contribution in [0.25, 0.3) is 6.08 Å². The molecule has 4 rings (SSSR count). The van der Waals surface area contributed by atoms with E-state index in [1.165, 1.54) is 6.08 Å². The molecule has 0 spiro atoms. The van der Waals surface area contributed by atoms with Gasteiger partial charge in [0.1, 0.15) is 11.3 Å². The molecule has 1 aliphatic rings. The van der Waals surface area contributed by atoms with Crippen LogP contribution in [0.2, 0.25) is 5.02 Å². The van der Waals surface area contributed by atoms with Crippen LogP contribution >= 0.6 is 11.6 Å². The Labute approximate surface area is 221 Å². The third kappa shape index (κ3) is 5.75. The minimum atomic E-state index is -0.784. The Morgan fingerprint density at radius 1 is 0.919 bits per heavy atom. The van der Waals surface area contributed by atoms with Crippen molar-refractivity contribution < 1.29 is 19.1 Å². The van der Waals surface area contributed by atoms with E-state index in [2.05, 4.69) is 37.4 Å². The predicted octanol–water partition coefficient (Wildman–Crippen LogP) is 6.18. The second-order valence-corrected chi connectivity index (χ2v) is 9.47. The maximum Gasteiger partial charge on any atom is 0.335 e. The molecule has 0 aliphatic carbocycles. The molecule has 1 aliphatic heterocycles. The maximum atomic E-state index is 13.3. The molecule has 7 heteroatoms. The highest BCUT2D eigenvalue weighted by molar-refractivity contribution is 6.39. The number of benzene rings is 3. The van der Waals surface area contributed by atoms with Gasteiger partial charge in [-0.25, -0.2) is 9.69 Å². The van der Waals surface area contributed by atoms with Gasteiger partial charge in [0.15, 0.2) is 0 Å². The van der Waals surface area contributed by atoms with Crippen molar-refractivity contribution in [1.29, 1.82) is 0 Å². The van der Waals surface area contributed by atoms with E-state index in [4.69, 9.17) is 16.3 Å². The lowest BCUT2D eigenvalue weighted by Crippen LogP contribution is -2.54.